The van der Waals surface area contributed by atoms with Crippen molar-refractivity contribution in [2.75, 3.05) is 27.8 Å². The van der Waals surface area contributed by atoms with Crippen LogP contribution in [-0.2, 0) is 9.59 Å². The van der Waals surface area contributed by atoms with Crippen molar-refractivity contribution in [3.8, 4) is 11.5 Å². The lowest BCUT2D eigenvalue weighted by molar-refractivity contribution is -0.132. The van der Waals surface area contributed by atoms with Gasteiger partial charge < -0.3 is 9.47 Å². The Bertz CT molecular complexity index is 722. The number of hydrogen-bond donors (Lipinski definition) is 0. The molecule has 0 N–H and O–H groups in total. The molecule has 0 atom stereocenters. The number of amides is 2. The lowest BCUT2D eigenvalue weighted by atomic mass is 10.1. The van der Waals surface area contributed by atoms with Gasteiger partial charge in [-0.1, -0.05) is 11.6 Å². The summed E-state index contributed by atoms with van der Waals surface area (Å²) in [5.74, 6) is -0.0920. The SMILES string of the molecule is CCOc1cc(C=C2C(=O)N(C)C(=S)N(C)C2=O)cc(Cl)c1OC. The van der Waals surface area contributed by atoms with Gasteiger partial charge in [0.25, 0.3) is 11.8 Å². The van der Waals surface area contributed by atoms with E-state index >= 15 is 0 Å². The van der Waals surface area contributed by atoms with Crippen LogP contribution in [0.25, 0.3) is 6.08 Å². The lowest BCUT2D eigenvalue weighted by Crippen LogP contribution is -2.52. The molecule has 2 rings (SSSR count). The molecule has 24 heavy (non-hydrogen) atoms. The van der Waals surface area contributed by atoms with E-state index in [1.807, 2.05) is 6.92 Å². The van der Waals surface area contributed by atoms with Crippen LogP contribution in [0.1, 0.15) is 12.5 Å². The molecule has 2 amide bonds. The number of halogens is 1. The van der Waals surface area contributed by atoms with Crippen molar-refractivity contribution in [1.82, 2.24) is 9.80 Å². The molecule has 6 nitrogen and oxygen atoms in total. The van der Waals surface area contributed by atoms with E-state index in [9.17, 15) is 9.59 Å². The molecule has 1 aromatic carbocycles. The molecule has 0 unspecified atom stereocenters. The Morgan fingerprint density at radius 1 is 1.21 bits per heavy atom. The van der Waals surface area contributed by atoms with Crippen LogP contribution in [0.4, 0.5) is 0 Å². The number of carbonyl (C=O) groups excluding carboxylic acids is 2. The quantitative estimate of drug-likeness (QED) is 0.464. The van der Waals surface area contributed by atoms with Crippen LogP contribution >= 0.6 is 23.8 Å². The van der Waals surface area contributed by atoms with Gasteiger partial charge in [-0.3, -0.25) is 19.4 Å². The zero-order valence-corrected chi connectivity index (χ0v) is 15.3. The summed E-state index contributed by atoms with van der Waals surface area (Å²) in [6, 6.07) is 3.26. The molecule has 0 aliphatic carbocycles. The maximum Gasteiger partial charge on any atom is 0.265 e. The smallest absolute Gasteiger partial charge is 0.265 e. The highest BCUT2D eigenvalue weighted by Crippen LogP contribution is 2.37. The minimum atomic E-state index is -0.465. The van der Waals surface area contributed by atoms with E-state index in [0.717, 1.165) is 0 Å². The molecule has 1 aromatic rings. The summed E-state index contributed by atoms with van der Waals surface area (Å²) >= 11 is 11.3. The molecule has 1 aliphatic heterocycles. The third-order valence-corrected chi connectivity index (χ3v) is 4.32. The highest BCUT2D eigenvalue weighted by atomic mass is 35.5. The number of rotatable bonds is 4. The van der Waals surface area contributed by atoms with Gasteiger partial charge in [0.15, 0.2) is 16.6 Å². The Balaban J connectivity index is 2.52. The molecule has 1 saturated heterocycles. The second kappa shape index (κ2) is 7.19. The van der Waals surface area contributed by atoms with E-state index in [2.05, 4.69) is 0 Å². The Kier molecular flexibility index (Phi) is 5.46. The minimum Gasteiger partial charge on any atom is -0.491 e. The standard InChI is InChI=1S/C16H17ClN2O4S/c1-5-23-12-8-9(7-11(17)13(12)22-4)6-10-14(20)18(2)16(24)19(3)15(10)21/h6-8H,5H2,1-4H3. The fourth-order valence-electron chi connectivity index (χ4n) is 2.27. The number of nitrogens with zero attached hydrogens (tertiary/aromatic N) is 2. The van der Waals surface area contributed by atoms with Crippen LogP contribution in [-0.4, -0.2) is 54.5 Å². The minimum absolute atomic E-state index is 0.00252. The zero-order valence-electron chi connectivity index (χ0n) is 13.8. The van der Waals surface area contributed by atoms with Crippen molar-refractivity contribution in [1.29, 1.82) is 0 Å². The van der Waals surface area contributed by atoms with E-state index in [1.54, 1.807) is 12.1 Å². The predicted octanol–water partition coefficient (Wildman–Crippen LogP) is 2.35. The number of methoxy groups -OCH3 is 1. The molecule has 1 aliphatic rings. The Hall–Kier alpha value is -2.12. The first-order chi connectivity index (χ1) is 11.3. The molecule has 8 heteroatoms. The summed E-state index contributed by atoms with van der Waals surface area (Å²) in [6.07, 6.45) is 1.47. The lowest BCUT2D eigenvalue weighted by Gasteiger charge is -2.31. The van der Waals surface area contributed by atoms with Crippen LogP contribution in [0.3, 0.4) is 0 Å². The van der Waals surface area contributed by atoms with Crippen LogP contribution in [0.5, 0.6) is 11.5 Å². The molecular weight excluding hydrogens is 352 g/mol. The van der Waals surface area contributed by atoms with Gasteiger partial charge in [0.1, 0.15) is 5.57 Å². The van der Waals surface area contributed by atoms with E-state index in [0.29, 0.717) is 28.7 Å². The second-order valence-electron chi connectivity index (χ2n) is 5.04. The molecule has 1 fully saturated rings. The Morgan fingerprint density at radius 2 is 1.79 bits per heavy atom. The summed E-state index contributed by atoms with van der Waals surface area (Å²) in [6.45, 7) is 2.25. The van der Waals surface area contributed by atoms with Crippen molar-refractivity contribution in [2.24, 2.45) is 0 Å². The van der Waals surface area contributed by atoms with Gasteiger partial charge in [0.2, 0.25) is 0 Å². The summed E-state index contributed by atoms with van der Waals surface area (Å²) < 4.78 is 10.7. The number of ether oxygens (including phenoxy) is 2. The number of carbonyl (C=O) groups is 2. The average Bonchev–Trinajstić information content (AvgIpc) is 2.55. The van der Waals surface area contributed by atoms with Gasteiger partial charge in [-0.05, 0) is 42.9 Å². The molecule has 1 heterocycles. The van der Waals surface area contributed by atoms with Gasteiger partial charge in [-0.25, -0.2) is 0 Å². The topological polar surface area (TPSA) is 59.1 Å². The highest BCUT2D eigenvalue weighted by molar-refractivity contribution is 7.80. The maximum atomic E-state index is 12.3. The van der Waals surface area contributed by atoms with Crippen molar-refractivity contribution in [2.45, 2.75) is 6.92 Å². The molecule has 0 spiro atoms. The number of likely N-dealkylation sites (N-methyl/N-ethyl adjacent to an activating group) is 2. The molecule has 0 saturated carbocycles. The monoisotopic (exact) mass is 368 g/mol. The maximum absolute atomic E-state index is 12.3. The van der Waals surface area contributed by atoms with Crippen molar-refractivity contribution >= 4 is 46.8 Å². The van der Waals surface area contributed by atoms with Crippen LogP contribution in [0.15, 0.2) is 17.7 Å². The second-order valence-corrected chi connectivity index (χ2v) is 5.81. The van der Waals surface area contributed by atoms with Crippen molar-refractivity contribution in [3.05, 3.63) is 28.3 Å². The zero-order chi connectivity index (χ0) is 18.0. The fraction of sp³-hybridized carbons (Fsp3) is 0.312. The van der Waals surface area contributed by atoms with Gasteiger partial charge in [0.05, 0.1) is 18.7 Å². The number of thiocarbonyl (C=S) groups is 1. The first kappa shape index (κ1) is 18.2. The molecule has 128 valence electrons. The van der Waals surface area contributed by atoms with E-state index in [4.69, 9.17) is 33.3 Å². The van der Waals surface area contributed by atoms with E-state index in [1.165, 1.54) is 37.1 Å². The van der Waals surface area contributed by atoms with E-state index in [-0.39, 0.29) is 10.7 Å². The molecular formula is C16H17ClN2O4S. The van der Waals surface area contributed by atoms with Gasteiger partial charge in [-0.15, -0.1) is 0 Å². The third-order valence-electron chi connectivity index (χ3n) is 3.49. The first-order valence-corrected chi connectivity index (χ1v) is 7.92. The molecule has 0 radical (unpaired) electrons. The average molecular weight is 369 g/mol. The Labute approximate surface area is 150 Å². The molecule has 0 bridgehead atoms. The van der Waals surface area contributed by atoms with E-state index < -0.39 is 11.8 Å². The third kappa shape index (κ3) is 3.22. The highest BCUT2D eigenvalue weighted by Gasteiger charge is 2.35. The van der Waals surface area contributed by atoms with Crippen LogP contribution in [0, 0.1) is 0 Å². The molecule has 0 aromatic heterocycles. The number of benzene rings is 1. The predicted molar refractivity (Wildman–Crippen MR) is 95.3 cm³/mol. The van der Waals surface area contributed by atoms with Crippen LogP contribution < -0.4 is 9.47 Å². The summed E-state index contributed by atoms with van der Waals surface area (Å²) in [5.41, 5.74) is 0.549. The number of hydrogen-bond acceptors (Lipinski definition) is 5. The summed E-state index contributed by atoms with van der Waals surface area (Å²) in [5, 5.41) is 0.480. The first-order valence-electron chi connectivity index (χ1n) is 7.13. The van der Waals surface area contributed by atoms with Crippen molar-refractivity contribution in [3.63, 3.8) is 0 Å². The fourth-order valence-corrected chi connectivity index (χ4v) is 2.74. The van der Waals surface area contributed by atoms with Crippen molar-refractivity contribution < 1.29 is 19.1 Å². The van der Waals surface area contributed by atoms with Crippen LogP contribution in [0.2, 0.25) is 5.02 Å². The van der Waals surface area contributed by atoms with Gasteiger partial charge >= 0.3 is 0 Å². The summed E-state index contributed by atoms with van der Waals surface area (Å²) in [4.78, 5) is 27.2. The van der Waals surface area contributed by atoms with Gasteiger partial charge in [-0.2, -0.15) is 0 Å². The normalized spacial score (nSPS) is 15.0. The van der Waals surface area contributed by atoms with Gasteiger partial charge in [0, 0.05) is 14.1 Å². The Morgan fingerprint density at radius 3 is 2.29 bits per heavy atom. The largest absolute Gasteiger partial charge is 0.491 e. The summed E-state index contributed by atoms with van der Waals surface area (Å²) in [7, 11) is 4.53.